The topological polar surface area (TPSA) is 39.1 Å². The van der Waals surface area contributed by atoms with Gasteiger partial charge in [0.05, 0.1) is 19.0 Å². The first-order valence-corrected chi connectivity index (χ1v) is 7.23. The predicted molar refractivity (Wildman–Crippen MR) is 79.9 cm³/mol. The molecule has 1 heterocycles. The van der Waals surface area contributed by atoms with Crippen molar-refractivity contribution in [2.24, 2.45) is 0 Å². The van der Waals surface area contributed by atoms with Crippen molar-refractivity contribution < 1.29 is 4.74 Å². The molecule has 0 saturated heterocycles. The molecule has 1 atom stereocenters. The molecule has 0 aliphatic heterocycles. The minimum Gasteiger partial charge on any atom is -0.493 e. The van der Waals surface area contributed by atoms with Gasteiger partial charge in [-0.15, -0.1) is 0 Å². The van der Waals surface area contributed by atoms with Gasteiger partial charge in [-0.3, -0.25) is 4.68 Å². The first-order valence-electron chi connectivity index (χ1n) is 7.23. The lowest BCUT2D eigenvalue weighted by atomic mass is 10.0. The second kappa shape index (κ2) is 6.94. The summed E-state index contributed by atoms with van der Waals surface area (Å²) < 4.78 is 7.52. The van der Waals surface area contributed by atoms with Gasteiger partial charge in [0.2, 0.25) is 0 Å². The molecule has 1 unspecified atom stereocenters. The van der Waals surface area contributed by atoms with Gasteiger partial charge in [0.15, 0.2) is 5.75 Å². The molecule has 0 radical (unpaired) electrons. The highest BCUT2D eigenvalue weighted by Crippen LogP contribution is 2.28. The fourth-order valence-electron chi connectivity index (χ4n) is 2.22. The van der Waals surface area contributed by atoms with Crippen molar-refractivity contribution >= 4 is 0 Å². The second-order valence-electron chi connectivity index (χ2n) is 6.19. The summed E-state index contributed by atoms with van der Waals surface area (Å²) in [6, 6.07) is 0. The molecule has 19 heavy (non-hydrogen) atoms. The zero-order valence-electron chi connectivity index (χ0n) is 13.3. The molecule has 4 nitrogen and oxygen atoms in total. The van der Waals surface area contributed by atoms with Crippen LogP contribution in [0.2, 0.25) is 0 Å². The van der Waals surface area contributed by atoms with Gasteiger partial charge in [0, 0.05) is 18.0 Å². The third kappa shape index (κ3) is 4.86. The Morgan fingerprint density at radius 2 is 2.11 bits per heavy atom. The first-order chi connectivity index (χ1) is 8.89. The molecule has 1 rings (SSSR count). The van der Waals surface area contributed by atoms with E-state index in [1.807, 2.05) is 6.20 Å². The van der Waals surface area contributed by atoms with E-state index in [-0.39, 0.29) is 5.54 Å². The second-order valence-corrected chi connectivity index (χ2v) is 6.19. The van der Waals surface area contributed by atoms with E-state index < -0.39 is 0 Å². The summed E-state index contributed by atoms with van der Waals surface area (Å²) in [7, 11) is 1.72. The van der Waals surface area contributed by atoms with Crippen LogP contribution in [0.25, 0.3) is 0 Å². The Kier molecular flexibility index (Phi) is 5.85. The Hall–Kier alpha value is -1.03. The maximum atomic E-state index is 5.44. The van der Waals surface area contributed by atoms with Gasteiger partial charge >= 0.3 is 0 Å². The van der Waals surface area contributed by atoms with Gasteiger partial charge in [0.1, 0.15) is 0 Å². The van der Waals surface area contributed by atoms with Crippen molar-refractivity contribution in [3.05, 3.63) is 11.9 Å². The minimum absolute atomic E-state index is 0.174. The van der Waals surface area contributed by atoms with Crippen molar-refractivity contribution in [2.45, 2.75) is 65.5 Å². The highest BCUT2D eigenvalue weighted by molar-refractivity contribution is 5.28. The molecule has 110 valence electrons. The van der Waals surface area contributed by atoms with Crippen LogP contribution in [0.5, 0.6) is 5.75 Å². The van der Waals surface area contributed by atoms with E-state index in [0.29, 0.717) is 5.92 Å². The van der Waals surface area contributed by atoms with Crippen molar-refractivity contribution in [1.29, 1.82) is 0 Å². The molecule has 0 fully saturated rings. The molecular formula is C15H29N3O. The third-order valence-electron chi connectivity index (χ3n) is 3.20. The number of methoxy groups -OCH3 is 1. The Morgan fingerprint density at radius 1 is 1.42 bits per heavy atom. The number of hydrogen-bond donors (Lipinski definition) is 1. The first kappa shape index (κ1) is 16.0. The summed E-state index contributed by atoms with van der Waals surface area (Å²) in [6.07, 6.45) is 4.01. The Bertz CT molecular complexity index is 379. The monoisotopic (exact) mass is 267 g/mol. The Balaban J connectivity index is 2.69. The van der Waals surface area contributed by atoms with Crippen LogP contribution in [-0.4, -0.2) is 29.0 Å². The van der Waals surface area contributed by atoms with E-state index in [9.17, 15) is 0 Å². The average Bonchev–Trinajstić information content (AvgIpc) is 2.70. The van der Waals surface area contributed by atoms with Crippen LogP contribution >= 0.6 is 0 Å². The number of ether oxygens (including phenoxy) is 1. The van der Waals surface area contributed by atoms with E-state index in [4.69, 9.17) is 4.74 Å². The average molecular weight is 267 g/mol. The summed E-state index contributed by atoms with van der Waals surface area (Å²) in [6.45, 7) is 13.0. The molecule has 0 aromatic carbocycles. The minimum atomic E-state index is 0.174. The molecule has 0 aliphatic rings. The summed E-state index contributed by atoms with van der Waals surface area (Å²) in [5.41, 5.74) is 1.40. The highest BCUT2D eigenvalue weighted by atomic mass is 16.5. The molecule has 0 aliphatic carbocycles. The summed E-state index contributed by atoms with van der Waals surface area (Å²) in [5, 5.41) is 7.96. The molecular weight excluding hydrogens is 238 g/mol. The van der Waals surface area contributed by atoms with E-state index in [0.717, 1.165) is 31.7 Å². The summed E-state index contributed by atoms with van der Waals surface area (Å²) >= 11 is 0. The van der Waals surface area contributed by atoms with Crippen molar-refractivity contribution in [3.8, 4) is 5.75 Å². The van der Waals surface area contributed by atoms with Crippen LogP contribution in [0.3, 0.4) is 0 Å². The highest BCUT2D eigenvalue weighted by Gasteiger charge is 2.18. The van der Waals surface area contributed by atoms with E-state index in [1.54, 1.807) is 7.11 Å². The van der Waals surface area contributed by atoms with Crippen LogP contribution in [0.4, 0.5) is 0 Å². The lowest BCUT2D eigenvalue weighted by molar-refractivity contribution is 0.388. The summed E-state index contributed by atoms with van der Waals surface area (Å²) in [5.74, 6) is 1.36. The maximum absolute atomic E-state index is 5.44. The van der Waals surface area contributed by atoms with Gasteiger partial charge in [-0.25, -0.2) is 0 Å². The lowest BCUT2D eigenvalue weighted by Gasteiger charge is -2.22. The molecule has 0 amide bonds. The molecule has 1 aromatic heterocycles. The fourth-order valence-corrected chi connectivity index (χ4v) is 2.22. The Labute approximate surface area is 117 Å². The van der Waals surface area contributed by atoms with Crippen molar-refractivity contribution in [2.75, 3.05) is 13.7 Å². The number of aromatic nitrogens is 2. The number of hydrogen-bond acceptors (Lipinski definition) is 3. The van der Waals surface area contributed by atoms with Gasteiger partial charge in [-0.05, 0) is 40.2 Å². The number of nitrogens with one attached hydrogen (secondary N) is 1. The zero-order chi connectivity index (χ0) is 14.5. The largest absolute Gasteiger partial charge is 0.493 e. The number of aryl methyl sites for hydroxylation is 1. The molecule has 0 saturated carbocycles. The van der Waals surface area contributed by atoms with Gasteiger partial charge in [0.25, 0.3) is 0 Å². The van der Waals surface area contributed by atoms with Gasteiger partial charge in [-0.2, -0.15) is 5.10 Å². The van der Waals surface area contributed by atoms with Crippen LogP contribution in [0, 0.1) is 0 Å². The Morgan fingerprint density at radius 3 is 2.63 bits per heavy atom. The molecule has 1 aromatic rings. The zero-order valence-corrected chi connectivity index (χ0v) is 13.3. The van der Waals surface area contributed by atoms with E-state index >= 15 is 0 Å². The SMILES string of the molecule is CCCn1ncc(OC)c1C(C)CCNC(C)(C)C. The van der Waals surface area contributed by atoms with Gasteiger partial charge < -0.3 is 10.1 Å². The van der Waals surface area contributed by atoms with Crippen molar-refractivity contribution in [3.63, 3.8) is 0 Å². The number of nitrogens with zero attached hydrogens (tertiary/aromatic N) is 2. The maximum Gasteiger partial charge on any atom is 0.160 e. The van der Waals surface area contributed by atoms with E-state index in [1.165, 1.54) is 5.69 Å². The molecule has 0 spiro atoms. The fraction of sp³-hybridized carbons (Fsp3) is 0.800. The van der Waals surface area contributed by atoms with Gasteiger partial charge in [-0.1, -0.05) is 13.8 Å². The van der Waals surface area contributed by atoms with Crippen molar-refractivity contribution in [1.82, 2.24) is 15.1 Å². The van der Waals surface area contributed by atoms with Crippen LogP contribution < -0.4 is 10.1 Å². The predicted octanol–water partition coefficient (Wildman–Crippen LogP) is 3.18. The third-order valence-corrected chi connectivity index (χ3v) is 3.20. The van der Waals surface area contributed by atoms with Crippen LogP contribution in [-0.2, 0) is 6.54 Å². The van der Waals surface area contributed by atoms with Crippen LogP contribution in [0.1, 0.15) is 59.1 Å². The molecule has 1 N–H and O–H groups in total. The van der Waals surface area contributed by atoms with Crippen LogP contribution in [0.15, 0.2) is 6.20 Å². The quantitative estimate of drug-likeness (QED) is 0.824. The number of rotatable bonds is 7. The molecule has 4 heteroatoms. The molecule has 0 bridgehead atoms. The standard InChI is InChI=1S/C15H29N3O/c1-7-10-18-14(13(19-6)11-17-18)12(2)8-9-16-15(3,4)5/h11-12,16H,7-10H2,1-6H3. The van der Waals surface area contributed by atoms with E-state index in [2.05, 4.69) is 49.7 Å². The normalized spacial score (nSPS) is 13.6. The smallest absolute Gasteiger partial charge is 0.160 e. The summed E-state index contributed by atoms with van der Waals surface area (Å²) in [4.78, 5) is 0. The lowest BCUT2D eigenvalue weighted by Crippen LogP contribution is -2.36.